The first kappa shape index (κ1) is 33.4. The second-order valence-corrected chi connectivity index (χ2v) is 11.8. The van der Waals surface area contributed by atoms with Gasteiger partial charge in [-0.15, -0.1) is 0 Å². The Morgan fingerprint density at radius 3 is 2.11 bits per heavy atom. The number of hydrogen-bond donors (Lipinski definition) is 7. The Morgan fingerprint density at radius 2 is 1.51 bits per heavy atom. The summed E-state index contributed by atoms with van der Waals surface area (Å²) in [6.07, 6.45) is -9.79. The molecule has 3 fully saturated rings. The van der Waals surface area contributed by atoms with Gasteiger partial charge in [-0.3, -0.25) is 4.79 Å². The van der Waals surface area contributed by atoms with Gasteiger partial charge in [-0.05, 0) is 58.7 Å². The summed E-state index contributed by atoms with van der Waals surface area (Å²) in [4.78, 5) is 13.5. The number of hydrogen-bond acceptors (Lipinski definition) is 15. The van der Waals surface area contributed by atoms with Gasteiger partial charge in [0.25, 0.3) is 0 Å². The van der Waals surface area contributed by atoms with Crippen LogP contribution in [-0.2, 0) is 28.5 Å². The van der Waals surface area contributed by atoms with Crippen molar-refractivity contribution in [3.8, 4) is 17.2 Å². The quantitative estimate of drug-likeness (QED) is 0.142. The first-order chi connectivity index (χ1) is 22.5. The zero-order valence-corrected chi connectivity index (χ0v) is 25.8. The molecule has 0 saturated carbocycles. The Bertz CT molecular complexity index is 1610. The van der Waals surface area contributed by atoms with E-state index in [9.17, 15) is 40.5 Å². The van der Waals surface area contributed by atoms with E-state index < -0.39 is 80.2 Å². The summed E-state index contributed by atoms with van der Waals surface area (Å²) in [5.41, 5.74) is 0.862. The highest BCUT2D eigenvalue weighted by atomic mass is 16.8. The summed E-state index contributed by atoms with van der Waals surface area (Å²) >= 11 is 0. The highest BCUT2D eigenvalue weighted by Crippen LogP contribution is 2.45. The fourth-order valence-electron chi connectivity index (χ4n) is 6.73. The second-order valence-electron chi connectivity index (χ2n) is 11.8. The number of cyclic esters (lactones) is 1. The minimum Gasteiger partial charge on any atom is -0.502 e. The van der Waals surface area contributed by atoms with Gasteiger partial charge in [0.15, 0.2) is 17.8 Å². The van der Waals surface area contributed by atoms with Crippen LogP contribution in [0.15, 0.2) is 24.3 Å². The molecule has 0 aromatic heterocycles. The molecule has 2 aromatic carbocycles. The summed E-state index contributed by atoms with van der Waals surface area (Å²) in [6, 6.07) is 5.91. The third-order valence-corrected chi connectivity index (χ3v) is 9.07. The van der Waals surface area contributed by atoms with Crippen molar-refractivity contribution in [3.63, 3.8) is 0 Å². The number of ether oxygens (including phenoxy) is 7. The molecule has 0 spiro atoms. The van der Waals surface area contributed by atoms with Crippen LogP contribution in [-0.4, -0.2) is 119 Å². The standard InChI is InChI=1S/C32H38O15/c1-12-43-11-23-30(45-12)27(38)28(39)32(46-23)47-29-17-7-15(20(36)9-34)14(19(35)8-33)6-16(17)24(25-18(29)10-44-31(25)40)13-4-21(41-2)26(37)22(5-13)42-3/h4-7,12,18-20,23,25,27-28,30,32-39H,8-11H2,1-3H3/t12-,18+,19?,20?,23-,25+,27-,28-,30-,32+/m1/s1. The monoisotopic (exact) mass is 662 g/mol. The minimum atomic E-state index is -1.59. The number of carbonyl (C=O) groups is 1. The summed E-state index contributed by atoms with van der Waals surface area (Å²) in [5.74, 6) is -2.58. The lowest BCUT2D eigenvalue weighted by Gasteiger charge is -2.46. The first-order valence-corrected chi connectivity index (χ1v) is 15.1. The smallest absolute Gasteiger partial charge is 0.314 e. The van der Waals surface area contributed by atoms with E-state index in [0.29, 0.717) is 16.4 Å². The van der Waals surface area contributed by atoms with Crippen LogP contribution in [0.2, 0.25) is 0 Å². The number of fused-ring (bicyclic) bond motifs is 3. The Hall–Kier alpha value is -3.51. The van der Waals surface area contributed by atoms with Crippen molar-refractivity contribution in [1.29, 1.82) is 0 Å². The molecule has 0 bridgehead atoms. The van der Waals surface area contributed by atoms with Crippen LogP contribution in [0, 0.1) is 11.8 Å². The lowest BCUT2D eigenvalue weighted by atomic mass is 9.76. The highest BCUT2D eigenvalue weighted by molar-refractivity contribution is 5.93. The highest BCUT2D eigenvalue weighted by Gasteiger charge is 2.52. The van der Waals surface area contributed by atoms with Gasteiger partial charge in [-0.2, -0.15) is 0 Å². The second kappa shape index (κ2) is 13.2. The largest absolute Gasteiger partial charge is 0.502 e. The molecule has 1 aliphatic carbocycles. The van der Waals surface area contributed by atoms with E-state index >= 15 is 0 Å². The maximum atomic E-state index is 13.5. The molecule has 2 unspecified atom stereocenters. The molecule has 2 aromatic rings. The third-order valence-electron chi connectivity index (χ3n) is 9.07. The number of aliphatic hydroxyl groups is 6. The molecular formula is C32H38O15. The maximum absolute atomic E-state index is 13.5. The number of carbonyl (C=O) groups excluding carboxylic acids is 1. The molecular weight excluding hydrogens is 624 g/mol. The number of phenolic OH excluding ortho intramolecular Hbond substituents is 1. The average molecular weight is 663 g/mol. The van der Waals surface area contributed by atoms with E-state index in [4.69, 9.17) is 33.2 Å². The summed E-state index contributed by atoms with van der Waals surface area (Å²) in [7, 11) is 2.69. The van der Waals surface area contributed by atoms with E-state index in [1.165, 1.54) is 38.5 Å². The van der Waals surface area contributed by atoms with Crippen LogP contribution in [0.25, 0.3) is 11.3 Å². The molecule has 15 heteroatoms. The van der Waals surface area contributed by atoms with Crippen LogP contribution < -0.4 is 19.9 Å². The minimum absolute atomic E-state index is 0.0405. The fraction of sp³-hybridized carbons (Fsp3) is 0.531. The third kappa shape index (κ3) is 5.71. The van der Waals surface area contributed by atoms with Crippen LogP contribution in [0.3, 0.4) is 0 Å². The lowest BCUT2D eigenvalue weighted by Crippen LogP contribution is -2.63. The Kier molecular flexibility index (Phi) is 9.37. The predicted octanol–water partition coefficient (Wildman–Crippen LogP) is -2.20. The molecule has 47 heavy (non-hydrogen) atoms. The summed E-state index contributed by atoms with van der Waals surface area (Å²) in [6.45, 7) is 0.0834. The SMILES string of the molecule is COc1cc(C2=c3cc(C(O)CO)c(C(O)CO)cc3=C(O[C@@H]3O[C@@H]4CO[C@@H](C)O[C@H]4[C@H](O)[C@H]3O)[C@H]3COC(=O)[C@H]23)cc(OC)c1O. The van der Waals surface area contributed by atoms with Crippen LogP contribution in [0.1, 0.15) is 35.8 Å². The normalized spacial score (nSPS) is 31.3. The van der Waals surface area contributed by atoms with Crippen molar-refractivity contribution in [3.05, 3.63) is 51.4 Å². The molecule has 3 heterocycles. The van der Waals surface area contributed by atoms with Gasteiger partial charge in [-0.1, -0.05) is 0 Å². The van der Waals surface area contributed by atoms with E-state index in [0.717, 1.165) is 0 Å². The van der Waals surface area contributed by atoms with Crippen molar-refractivity contribution < 1.29 is 73.7 Å². The van der Waals surface area contributed by atoms with Gasteiger partial charge < -0.3 is 68.9 Å². The van der Waals surface area contributed by atoms with Crippen LogP contribution >= 0.6 is 0 Å². The number of phenols is 1. The fourth-order valence-corrected chi connectivity index (χ4v) is 6.73. The summed E-state index contributed by atoms with van der Waals surface area (Å²) in [5, 5.41) is 74.7. The zero-order chi connectivity index (χ0) is 33.7. The lowest BCUT2D eigenvalue weighted by molar-refractivity contribution is -0.348. The number of aromatic hydroxyl groups is 1. The predicted molar refractivity (Wildman–Crippen MR) is 157 cm³/mol. The summed E-state index contributed by atoms with van der Waals surface area (Å²) < 4.78 is 39.8. The van der Waals surface area contributed by atoms with Crippen LogP contribution in [0.4, 0.5) is 0 Å². The molecule has 3 aliphatic heterocycles. The molecule has 0 radical (unpaired) electrons. The van der Waals surface area contributed by atoms with Gasteiger partial charge in [0.2, 0.25) is 12.0 Å². The van der Waals surface area contributed by atoms with Gasteiger partial charge in [-0.25, -0.2) is 0 Å². The number of rotatable bonds is 9. The van der Waals surface area contributed by atoms with Gasteiger partial charge in [0, 0.05) is 5.22 Å². The maximum Gasteiger partial charge on any atom is 0.314 e. The van der Waals surface area contributed by atoms with Crippen molar-refractivity contribution in [2.75, 3.05) is 40.6 Å². The Labute approximate surface area is 268 Å². The number of methoxy groups -OCH3 is 2. The molecule has 7 N–H and O–H groups in total. The topological polar surface area (TPSA) is 223 Å². The molecule has 3 saturated heterocycles. The Balaban J connectivity index is 1.63. The van der Waals surface area contributed by atoms with Crippen molar-refractivity contribution in [2.24, 2.45) is 11.8 Å². The number of benzene rings is 2. The number of esters is 1. The van der Waals surface area contributed by atoms with Gasteiger partial charge >= 0.3 is 5.97 Å². The van der Waals surface area contributed by atoms with Crippen molar-refractivity contribution in [2.45, 2.75) is 56.1 Å². The molecule has 10 atom stereocenters. The molecule has 4 aliphatic rings. The molecule has 0 amide bonds. The van der Waals surface area contributed by atoms with Gasteiger partial charge in [0.1, 0.15) is 49.0 Å². The van der Waals surface area contributed by atoms with E-state index in [-0.39, 0.29) is 52.6 Å². The zero-order valence-electron chi connectivity index (χ0n) is 25.8. The number of aliphatic hydroxyl groups excluding tert-OH is 6. The van der Waals surface area contributed by atoms with Gasteiger partial charge in [0.05, 0.1) is 45.9 Å². The van der Waals surface area contributed by atoms with E-state index in [2.05, 4.69) is 0 Å². The van der Waals surface area contributed by atoms with E-state index in [1.54, 1.807) is 6.92 Å². The first-order valence-electron chi connectivity index (χ1n) is 15.1. The molecule has 6 rings (SSSR count). The van der Waals surface area contributed by atoms with Crippen molar-refractivity contribution in [1.82, 2.24) is 0 Å². The van der Waals surface area contributed by atoms with Crippen LogP contribution in [0.5, 0.6) is 17.2 Å². The molecule has 256 valence electrons. The molecule has 15 nitrogen and oxygen atoms in total. The Morgan fingerprint density at radius 1 is 0.894 bits per heavy atom. The average Bonchev–Trinajstić information content (AvgIpc) is 3.46. The van der Waals surface area contributed by atoms with Crippen molar-refractivity contribution >= 4 is 17.3 Å². The van der Waals surface area contributed by atoms with E-state index in [1.807, 2.05) is 0 Å².